The van der Waals surface area contributed by atoms with Crippen molar-refractivity contribution < 1.29 is 57.2 Å². The van der Waals surface area contributed by atoms with Gasteiger partial charge in [0.15, 0.2) is 0 Å². The zero-order chi connectivity index (χ0) is 62.0. The van der Waals surface area contributed by atoms with Gasteiger partial charge in [-0.1, -0.05) is 97.1 Å². The Balaban J connectivity index is 1.53. The van der Waals surface area contributed by atoms with Gasteiger partial charge >= 0.3 is 24.4 Å². The molecule has 0 aliphatic carbocycles. The van der Waals surface area contributed by atoms with Crippen LogP contribution in [0.1, 0.15) is 125 Å². The van der Waals surface area contributed by atoms with E-state index in [0.29, 0.717) is 17.9 Å². The minimum Gasteiger partial charge on any atom is -0.489 e. The van der Waals surface area contributed by atoms with E-state index in [1.165, 1.54) is 4.90 Å². The van der Waals surface area contributed by atoms with Crippen LogP contribution in [0, 0.1) is 0 Å². The third-order valence-corrected chi connectivity index (χ3v) is 12.4. The van der Waals surface area contributed by atoms with E-state index in [0.717, 1.165) is 31.7 Å². The van der Waals surface area contributed by atoms with Gasteiger partial charge in [-0.3, -0.25) is 14.4 Å². The molecule has 4 aromatic rings. The molecule has 1 aliphatic heterocycles. The van der Waals surface area contributed by atoms with Crippen molar-refractivity contribution in [3.8, 4) is 5.75 Å². The predicted molar refractivity (Wildman–Crippen MR) is 322 cm³/mol. The first kappa shape index (κ1) is 66.3. The van der Waals surface area contributed by atoms with Gasteiger partial charge in [0.05, 0.1) is 12.8 Å². The lowest BCUT2D eigenvalue weighted by Crippen LogP contribution is -2.54. The van der Waals surface area contributed by atoms with Gasteiger partial charge in [0.25, 0.3) is 0 Å². The Bertz CT molecular complexity index is 3010. The quantitative estimate of drug-likeness (QED) is 0.0433. The van der Waals surface area contributed by atoms with Crippen LogP contribution in [0.15, 0.2) is 119 Å². The van der Waals surface area contributed by atoms with Gasteiger partial charge in [0, 0.05) is 38.8 Å². The molecular weight excluding hydrogens is 1070 g/mol. The smallest absolute Gasteiger partial charge is 0.437 e. The van der Waals surface area contributed by atoms with Gasteiger partial charge in [-0.15, -0.1) is 9.98 Å². The molecule has 0 radical (unpaired) electrons. The molecule has 2 atom stereocenters. The van der Waals surface area contributed by atoms with Crippen molar-refractivity contribution in [3.05, 3.63) is 126 Å². The van der Waals surface area contributed by atoms with Gasteiger partial charge in [0.2, 0.25) is 29.6 Å². The maximum atomic E-state index is 15.3. The number of aliphatic imine (C=N–C) groups is 2. The second-order valence-electron chi connectivity index (χ2n) is 24.4. The summed E-state index contributed by atoms with van der Waals surface area (Å²) in [5.74, 6) is -1.66. The molecule has 1 heterocycles. The van der Waals surface area contributed by atoms with Crippen LogP contribution >= 0.6 is 0 Å². The molecule has 454 valence electrons. The second kappa shape index (κ2) is 29.7. The molecular formula is C63H85N9O12. The van der Waals surface area contributed by atoms with Crippen LogP contribution in [-0.4, -0.2) is 141 Å². The van der Waals surface area contributed by atoms with Gasteiger partial charge in [-0.2, -0.15) is 0 Å². The van der Waals surface area contributed by atoms with Crippen LogP contribution in [0.3, 0.4) is 0 Å². The molecule has 4 aromatic carbocycles. The van der Waals surface area contributed by atoms with Gasteiger partial charge in [-0.25, -0.2) is 29.0 Å². The monoisotopic (exact) mass is 1160 g/mol. The molecule has 1 aliphatic rings. The molecule has 0 aromatic heterocycles. The van der Waals surface area contributed by atoms with Crippen LogP contribution in [0.4, 0.5) is 19.2 Å². The van der Waals surface area contributed by atoms with Crippen molar-refractivity contribution in [1.29, 1.82) is 0 Å². The highest BCUT2D eigenvalue weighted by Gasteiger charge is 2.34. The molecule has 7 amide bonds. The van der Waals surface area contributed by atoms with Crippen molar-refractivity contribution in [2.24, 2.45) is 21.5 Å². The Morgan fingerprint density at radius 3 is 1.61 bits per heavy atom. The second-order valence-corrected chi connectivity index (χ2v) is 24.4. The lowest BCUT2D eigenvalue weighted by atomic mass is 10.0. The van der Waals surface area contributed by atoms with Crippen molar-refractivity contribution in [1.82, 2.24) is 24.9 Å². The number of nitrogens with two attached hydrogens (primary N) is 2. The van der Waals surface area contributed by atoms with Gasteiger partial charge in [0.1, 0.15) is 40.8 Å². The average molecular weight is 1160 g/mol. The summed E-state index contributed by atoms with van der Waals surface area (Å²) in [5, 5.41) is 5.13. The number of nitrogens with zero attached hydrogens (tertiary/aromatic N) is 6. The van der Waals surface area contributed by atoms with E-state index in [9.17, 15) is 28.8 Å². The van der Waals surface area contributed by atoms with E-state index in [4.69, 9.17) is 35.2 Å². The summed E-state index contributed by atoms with van der Waals surface area (Å²) < 4.78 is 28.1. The van der Waals surface area contributed by atoms with Crippen molar-refractivity contribution in [3.63, 3.8) is 0 Å². The Kier molecular flexibility index (Phi) is 23.4. The lowest BCUT2D eigenvalue weighted by Gasteiger charge is -2.33. The summed E-state index contributed by atoms with van der Waals surface area (Å²) in [6.07, 6.45) is -0.259. The first-order valence-corrected chi connectivity index (χ1v) is 28.2. The molecule has 21 nitrogen and oxygen atoms in total. The number of ether oxygens (including phenoxy) is 5. The predicted octanol–water partition coefficient (Wildman–Crippen LogP) is 9.82. The maximum absolute atomic E-state index is 15.3. The summed E-state index contributed by atoms with van der Waals surface area (Å²) in [7, 11) is 0. The SMILES string of the molecule is CC(C)(C)OC(=O)/N=C(\N)N(CCC[C@@H]1CN(C(=O)Cc2ccc3ccccc3c2)C/C=C/CN(C(=O)Cc2ccc(OCc3ccccc3)cc2)[C@@H](CCCN(C(=O)OC(C)(C)C)/C(N)=N/C(=O)OC(C)(C)C)C(=O)N1)C(=O)OC(C)(C)C. The van der Waals surface area contributed by atoms with Crippen LogP contribution in [0.5, 0.6) is 5.75 Å². The normalized spacial score (nSPS) is 16.1. The number of nitrogens with one attached hydrogen (secondary N) is 1. The lowest BCUT2D eigenvalue weighted by molar-refractivity contribution is -0.140. The Morgan fingerprint density at radius 1 is 0.571 bits per heavy atom. The van der Waals surface area contributed by atoms with E-state index >= 15 is 4.79 Å². The Morgan fingerprint density at radius 2 is 1.06 bits per heavy atom. The summed E-state index contributed by atoms with van der Waals surface area (Å²) in [6, 6.07) is 28.4. The standard InChI is InChI=1S/C63H85N9O12/c1-60(2,3)81-56(76)67-54(64)71(58(78)83-62(7,8)9)36-20-26-48-41-69(51(73)40-45-28-31-46-24-16-17-25-47(46)38-45)34-18-19-35-70(52(74)39-43-29-32-49(33-30-43)80-42-44-22-14-13-15-23-44)50(53(75)66-48)27-21-37-72(59(79)84-63(10,11)12)55(65)68-57(77)82-61(4,5)6/h13-19,22-25,28-33,38,48,50H,20-21,26-27,34-37,39-42H2,1-12H3,(H,66,75)(H2,64,67,76)(H2,65,68,77)/b19-18+/t48-,50+/m1/s1. The maximum Gasteiger partial charge on any atom is 0.437 e. The first-order chi connectivity index (χ1) is 39.3. The third kappa shape index (κ3) is 23.0. The first-order valence-electron chi connectivity index (χ1n) is 28.2. The van der Waals surface area contributed by atoms with Gasteiger partial charge < -0.3 is 50.3 Å². The minimum absolute atomic E-state index is 0.0140. The topological polar surface area (TPSA) is 267 Å². The highest BCUT2D eigenvalue weighted by Crippen LogP contribution is 2.22. The zero-order valence-corrected chi connectivity index (χ0v) is 50.8. The molecule has 5 N–H and O–H groups in total. The highest BCUT2D eigenvalue weighted by molar-refractivity contribution is 5.99. The number of benzene rings is 4. The molecule has 0 fully saturated rings. The Labute approximate surface area is 493 Å². The molecule has 84 heavy (non-hydrogen) atoms. The third-order valence-electron chi connectivity index (χ3n) is 12.4. The number of guanidine groups is 2. The Hall–Kier alpha value is -8.49. The van der Waals surface area contributed by atoms with E-state index in [2.05, 4.69) is 15.3 Å². The fourth-order valence-corrected chi connectivity index (χ4v) is 8.68. The number of hydrogen-bond donors (Lipinski definition) is 3. The van der Waals surface area contributed by atoms with E-state index in [1.807, 2.05) is 72.8 Å². The van der Waals surface area contributed by atoms with Crippen LogP contribution in [0.2, 0.25) is 0 Å². The van der Waals surface area contributed by atoms with E-state index < -0.39 is 82.6 Å². The summed E-state index contributed by atoms with van der Waals surface area (Å²) >= 11 is 0. The highest BCUT2D eigenvalue weighted by atomic mass is 16.6. The number of amides is 7. The van der Waals surface area contributed by atoms with Crippen LogP contribution < -0.4 is 21.5 Å². The van der Waals surface area contributed by atoms with Crippen molar-refractivity contribution in [2.75, 3.05) is 32.7 Å². The zero-order valence-electron chi connectivity index (χ0n) is 50.8. The average Bonchev–Trinajstić information content (AvgIpc) is 3.53. The largest absolute Gasteiger partial charge is 0.489 e. The number of hydrogen-bond acceptors (Lipinski definition) is 12. The number of carbonyl (C=O) groups is 7. The van der Waals surface area contributed by atoms with E-state index in [-0.39, 0.29) is 77.2 Å². The molecule has 0 saturated heterocycles. The minimum atomic E-state index is -1.21. The number of carbonyl (C=O) groups excluding carboxylic acids is 7. The summed E-state index contributed by atoms with van der Waals surface area (Å²) in [5.41, 5.74) is 11.3. The van der Waals surface area contributed by atoms with E-state index in [1.54, 1.807) is 124 Å². The molecule has 21 heteroatoms. The molecule has 0 bridgehead atoms. The number of rotatable bonds is 15. The number of fused-ring (bicyclic) bond motifs is 1. The summed E-state index contributed by atoms with van der Waals surface area (Å²) in [6.45, 7) is 19.9. The van der Waals surface area contributed by atoms with Gasteiger partial charge in [-0.05, 0) is 148 Å². The van der Waals surface area contributed by atoms with Crippen LogP contribution in [0.25, 0.3) is 10.8 Å². The fraction of sp³-hybridized carbons (Fsp3) is 0.476. The molecule has 5 rings (SSSR count). The molecule has 0 unspecified atom stereocenters. The van der Waals surface area contributed by atoms with Crippen molar-refractivity contribution in [2.45, 2.75) is 163 Å². The summed E-state index contributed by atoms with van der Waals surface area (Å²) in [4.78, 5) is 111. The fourth-order valence-electron chi connectivity index (χ4n) is 8.68. The van der Waals surface area contributed by atoms with Crippen LogP contribution in [-0.2, 0) is 52.8 Å². The molecule has 0 saturated carbocycles. The molecule has 0 spiro atoms. The van der Waals surface area contributed by atoms with Crippen molar-refractivity contribution >= 4 is 64.8 Å².